The summed E-state index contributed by atoms with van der Waals surface area (Å²) >= 11 is 0. The Labute approximate surface area is 98.7 Å². The van der Waals surface area contributed by atoms with E-state index < -0.39 is 0 Å². The van der Waals surface area contributed by atoms with Gasteiger partial charge in [-0.1, -0.05) is 6.07 Å². The van der Waals surface area contributed by atoms with Crippen LogP contribution >= 0.6 is 0 Å². The molecule has 1 atom stereocenters. The SMILES string of the molecule is Fc1ccc2c(c1)CC[C@@H]2Nc1ncccn1. The second kappa shape index (κ2) is 4.13. The predicted octanol–water partition coefficient (Wildman–Crippen LogP) is 2.72. The maximum absolute atomic E-state index is 13.1. The standard InChI is InChI=1S/C13H12FN3/c14-10-3-4-11-9(8-10)2-5-12(11)17-13-15-6-1-7-16-13/h1,3-4,6-8,12H,2,5H2,(H,15,16,17)/t12-/m0/s1. The lowest BCUT2D eigenvalue weighted by Gasteiger charge is -2.13. The van der Waals surface area contributed by atoms with Crippen LogP contribution in [0.25, 0.3) is 0 Å². The Balaban J connectivity index is 1.85. The average molecular weight is 229 g/mol. The van der Waals surface area contributed by atoms with E-state index in [4.69, 9.17) is 0 Å². The molecule has 0 spiro atoms. The maximum Gasteiger partial charge on any atom is 0.223 e. The van der Waals surface area contributed by atoms with Crippen molar-refractivity contribution in [2.75, 3.05) is 5.32 Å². The van der Waals surface area contributed by atoms with Gasteiger partial charge < -0.3 is 5.32 Å². The van der Waals surface area contributed by atoms with Gasteiger partial charge in [-0.05, 0) is 42.2 Å². The van der Waals surface area contributed by atoms with Crippen LogP contribution in [0.1, 0.15) is 23.6 Å². The minimum Gasteiger partial charge on any atom is -0.347 e. The minimum absolute atomic E-state index is 0.166. The molecule has 0 amide bonds. The highest BCUT2D eigenvalue weighted by atomic mass is 19.1. The third kappa shape index (κ3) is 1.98. The van der Waals surface area contributed by atoms with Gasteiger partial charge in [-0.15, -0.1) is 0 Å². The number of nitrogens with zero attached hydrogens (tertiary/aromatic N) is 2. The van der Waals surface area contributed by atoms with Gasteiger partial charge in [-0.25, -0.2) is 14.4 Å². The van der Waals surface area contributed by atoms with Crippen LogP contribution in [0.3, 0.4) is 0 Å². The molecule has 0 radical (unpaired) electrons. The van der Waals surface area contributed by atoms with Crippen LogP contribution in [0.2, 0.25) is 0 Å². The summed E-state index contributed by atoms with van der Waals surface area (Å²) in [6.07, 6.45) is 5.26. The number of aromatic nitrogens is 2. The fourth-order valence-corrected chi connectivity index (χ4v) is 2.27. The van der Waals surface area contributed by atoms with E-state index in [1.165, 1.54) is 6.07 Å². The first-order valence-electron chi connectivity index (χ1n) is 5.65. The van der Waals surface area contributed by atoms with Crippen molar-refractivity contribution in [1.82, 2.24) is 9.97 Å². The number of aryl methyl sites for hydroxylation is 1. The summed E-state index contributed by atoms with van der Waals surface area (Å²) in [4.78, 5) is 8.27. The van der Waals surface area contributed by atoms with E-state index in [0.717, 1.165) is 24.0 Å². The van der Waals surface area contributed by atoms with Gasteiger partial charge in [-0.2, -0.15) is 0 Å². The fraction of sp³-hybridized carbons (Fsp3) is 0.231. The summed E-state index contributed by atoms with van der Waals surface area (Å²) in [6, 6.07) is 6.93. The normalized spacial score (nSPS) is 17.8. The van der Waals surface area contributed by atoms with Gasteiger partial charge in [0, 0.05) is 12.4 Å². The molecule has 0 unspecified atom stereocenters. The molecule has 1 N–H and O–H groups in total. The molecule has 1 aliphatic carbocycles. The third-order valence-electron chi connectivity index (χ3n) is 3.05. The Morgan fingerprint density at radius 3 is 2.88 bits per heavy atom. The van der Waals surface area contributed by atoms with Crippen LogP contribution in [0, 0.1) is 5.82 Å². The highest BCUT2D eigenvalue weighted by Crippen LogP contribution is 2.33. The van der Waals surface area contributed by atoms with Gasteiger partial charge in [0.2, 0.25) is 5.95 Å². The van der Waals surface area contributed by atoms with E-state index in [-0.39, 0.29) is 11.9 Å². The zero-order chi connectivity index (χ0) is 11.7. The molecule has 17 heavy (non-hydrogen) atoms. The number of hydrogen-bond acceptors (Lipinski definition) is 3. The molecule has 3 nitrogen and oxygen atoms in total. The summed E-state index contributed by atoms with van der Waals surface area (Å²) in [7, 11) is 0. The smallest absolute Gasteiger partial charge is 0.223 e. The molecule has 0 saturated carbocycles. The first kappa shape index (κ1) is 10.2. The number of fused-ring (bicyclic) bond motifs is 1. The molecule has 2 aromatic rings. The lowest BCUT2D eigenvalue weighted by molar-refractivity contribution is 0.626. The molecule has 0 fully saturated rings. The van der Waals surface area contributed by atoms with Crippen molar-refractivity contribution in [3.63, 3.8) is 0 Å². The molecule has 1 aliphatic rings. The molecule has 1 heterocycles. The first-order valence-corrected chi connectivity index (χ1v) is 5.65. The summed E-state index contributed by atoms with van der Waals surface area (Å²) in [5, 5.41) is 3.27. The fourth-order valence-electron chi connectivity index (χ4n) is 2.27. The molecule has 1 aromatic heterocycles. The van der Waals surface area contributed by atoms with E-state index in [0.29, 0.717) is 5.95 Å². The Morgan fingerprint density at radius 2 is 2.06 bits per heavy atom. The molecule has 1 aromatic carbocycles. The Kier molecular flexibility index (Phi) is 2.48. The zero-order valence-corrected chi connectivity index (χ0v) is 9.23. The van der Waals surface area contributed by atoms with Crippen LogP contribution in [-0.4, -0.2) is 9.97 Å². The molecule has 86 valence electrons. The largest absolute Gasteiger partial charge is 0.347 e. The van der Waals surface area contributed by atoms with E-state index in [2.05, 4.69) is 15.3 Å². The van der Waals surface area contributed by atoms with Crippen LogP contribution in [0.15, 0.2) is 36.7 Å². The minimum atomic E-state index is -0.166. The summed E-state index contributed by atoms with van der Waals surface area (Å²) in [5.41, 5.74) is 2.23. The first-order chi connectivity index (χ1) is 8.33. The number of nitrogens with one attached hydrogen (secondary N) is 1. The van der Waals surface area contributed by atoms with Crippen molar-refractivity contribution >= 4 is 5.95 Å². The van der Waals surface area contributed by atoms with Crippen LogP contribution in [0.4, 0.5) is 10.3 Å². The van der Waals surface area contributed by atoms with Gasteiger partial charge in [0.1, 0.15) is 5.82 Å². The van der Waals surface area contributed by atoms with Crippen LogP contribution < -0.4 is 5.32 Å². The topological polar surface area (TPSA) is 37.8 Å². The van der Waals surface area contributed by atoms with Crippen molar-refractivity contribution in [3.8, 4) is 0 Å². The summed E-state index contributed by atoms with van der Waals surface area (Å²) in [5.74, 6) is 0.454. The number of halogens is 1. The van der Waals surface area contributed by atoms with Gasteiger partial charge in [-0.3, -0.25) is 0 Å². The van der Waals surface area contributed by atoms with Crippen molar-refractivity contribution in [1.29, 1.82) is 0 Å². The Hall–Kier alpha value is -1.97. The number of hydrogen-bond donors (Lipinski definition) is 1. The van der Waals surface area contributed by atoms with Crippen molar-refractivity contribution in [2.45, 2.75) is 18.9 Å². The van der Waals surface area contributed by atoms with E-state index in [1.807, 2.05) is 6.07 Å². The molecular formula is C13H12FN3. The van der Waals surface area contributed by atoms with Gasteiger partial charge >= 0.3 is 0 Å². The number of anilines is 1. The summed E-state index contributed by atoms with van der Waals surface area (Å²) in [6.45, 7) is 0. The second-order valence-corrected chi connectivity index (χ2v) is 4.15. The Bertz CT molecular complexity index is 527. The highest BCUT2D eigenvalue weighted by Gasteiger charge is 2.23. The maximum atomic E-state index is 13.1. The Morgan fingerprint density at radius 1 is 1.24 bits per heavy atom. The van der Waals surface area contributed by atoms with Gasteiger partial charge in [0.05, 0.1) is 6.04 Å². The number of rotatable bonds is 2. The monoisotopic (exact) mass is 229 g/mol. The average Bonchev–Trinajstić information content (AvgIpc) is 2.73. The van der Waals surface area contributed by atoms with E-state index in [1.54, 1.807) is 24.5 Å². The van der Waals surface area contributed by atoms with Crippen molar-refractivity contribution in [2.24, 2.45) is 0 Å². The van der Waals surface area contributed by atoms with Gasteiger partial charge in [0.25, 0.3) is 0 Å². The molecule has 3 rings (SSSR count). The van der Waals surface area contributed by atoms with Gasteiger partial charge in [0.15, 0.2) is 0 Å². The second-order valence-electron chi connectivity index (χ2n) is 4.15. The lowest BCUT2D eigenvalue weighted by Crippen LogP contribution is -2.09. The summed E-state index contributed by atoms with van der Waals surface area (Å²) < 4.78 is 13.1. The molecule has 0 saturated heterocycles. The van der Waals surface area contributed by atoms with E-state index >= 15 is 0 Å². The van der Waals surface area contributed by atoms with Crippen molar-refractivity contribution < 1.29 is 4.39 Å². The lowest BCUT2D eigenvalue weighted by atomic mass is 10.1. The van der Waals surface area contributed by atoms with Crippen molar-refractivity contribution in [3.05, 3.63) is 53.6 Å². The third-order valence-corrected chi connectivity index (χ3v) is 3.05. The highest BCUT2D eigenvalue weighted by molar-refractivity contribution is 5.40. The quantitative estimate of drug-likeness (QED) is 0.860. The molecule has 0 bridgehead atoms. The zero-order valence-electron chi connectivity index (χ0n) is 9.23. The molecular weight excluding hydrogens is 217 g/mol. The predicted molar refractivity (Wildman–Crippen MR) is 63.1 cm³/mol. The van der Waals surface area contributed by atoms with Crippen LogP contribution in [0.5, 0.6) is 0 Å². The van der Waals surface area contributed by atoms with E-state index in [9.17, 15) is 4.39 Å². The molecule has 4 heteroatoms. The molecule has 0 aliphatic heterocycles. The number of benzene rings is 1. The van der Waals surface area contributed by atoms with Crippen LogP contribution in [-0.2, 0) is 6.42 Å².